The molecular formula is C27H32N6OS. The third-order valence-electron chi connectivity index (χ3n) is 6.70. The molecule has 3 unspecified atom stereocenters. The Bertz CT molecular complexity index is 1020. The Morgan fingerprint density at radius 3 is 2.43 bits per heavy atom. The fourth-order valence-electron chi connectivity index (χ4n) is 4.84. The number of nitrogens with zero attached hydrogens (tertiary/aromatic N) is 4. The molecule has 2 aliphatic rings. The van der Waals surface area contributed by atoms with E-state index in [-0.39, 0.29) is 23.4 Å². The summed E-state index contributed by atoms with van der Waals surface area (Å²) in [5.74, 6) is 0.863. The molecule has 0 aliphatic carbocycles. The standard InChI is InChI=1S/C27H32N6OS/c34-26(24-20-35-27(31-24)23-9-5-11-29-19-23)30-12-13-32-14-16-33(17-15-32)25(21-6-2-1-3-7-21)22-8-4-10-28-18-22/h1-11,18-19,24-25,27,31H,12-17,20H2,(H,30,34). The Hall–Kier alpha value is -2.78. The molecule has 4 heterocycles. The molecule has 2 aliphatic heterocycles. The van der Waals surface area contributed by atoms with Gasteiger partial charge in [-0.05, 0) is 28.8 Å². The number of carbonyl (C=O) groups is 1. The fourth-order valence-corrected chi connectivity index (χ4v) is 6.06. The second-order valence-corrected chi connectivity index (χ2v) is 10.1. The van der Waals surface area contributed by atoms with E-state index in [0.717, 1.165) is 44.0 Å². The summed E-state index contributed by atoms with van der Waals surface area (Å²) in [5.41, 5.74) is 3.64. The minimum Gasteiger partial charge on any atom is -0.353 e. The molecule has 35 heavy (non-hydrogen) atoms. The monoisotopic (exact) mass is 488 g/mol. The van der Waals surface area contributed by atoms with Crippen LogP contribution in [0.2, 0.25) is 0 Å². The van der Waals surface area contributed by atoms with E-state index >= 15 is 0 Å². The van der Waals surface area contributed by atoms with E-state index in [4.69, 9.17) is 0 Å². The van der Waals surface area contributed by atoms with Crippen LogP contribution in [-0.4, -0.2) is 76.7 Å². The van der Waals surface area contributed by atoms with Crippen molar-refractivity contribution < 1.29 is 4.79 Å². The van der Waals surface area contributed by atoms with Crippen molar-refractivity contribution in [2.75, 3.05) is 45.0 Å². The third-order valence-corrected chi connectivity index (χ3v) is 7.97. The van der Waals surface area contributed by atoms with Gasteiger partial charge in [0.1, 0.15) is 0 Å². The van der Waals surface area contributed by atoms with Crippen LogP contribution in [0.5, 0.6) is 0 Å². The van der Waals surface area contributed by atoms with Crippen LogP contribution in [0.15, 0.2) is 79.4 Å². The third kappa shape index (κ3) is 6.08. The molecule has 7 nitrogen and oxygen atoms in total. The number of aromatic nitrogens is 2. The molecule has 5 rings (SSSR count). The number of piperazine rings is 1. The smallest absolute Gasteiger partial charge is 0.238 e. The van der Waals surface area contributed by atoms with Gasteiger partial charge < -0.3 is 5.32 Å². The Morgan fingerprint density at radius 1 is 0.971 bits per heavy atom. The largest absolute Gasteiger partial charge is 0.353 e. The lowest BCUT2D eigenvalue weighted by Crippen LogP contribution is -2.50. The van der Waals surface area contributed by atoms with Gasteiger partial charge in [0.2, 0.25) is 5.91 Å². The molecule has 2 N–H and O–H groups in total. The first-order valence-electron chi connectivity index (χ1n) is 12.2. The van der Waals surface area contributed by atoms with Gasteiger partial charge in [0.15, 0.2) is 0 Å². The highest BCUT2D eigenvalue weighted by molar-refractivity contribution is 7.99. The minimum atomic E-state index is -0.159. The van der Waals surface area contributed by atoms with Crippen molar-refractivity contribution in [1.29, 1.82) is 0 Å². The van der Waals surface area contributed by atoms with E-state index in [1.807, 2.05) is 36.8 Å². The number of thioether (sulfide) groups is 1. The van der Waals surface area contributed by atoms with Crippen molar-refractivity contribution in [2.45, 2.75) is 17.5 Å². The summed E-state index contributed by atoms with van der Waals surface area (Å²) in [6.07, 6.45) is 7.44. The van der Waals surface area contributed by atoms with Crippen molar-refractivity contribution in [1.82, 2.24) is 30.4 Å². The number of nitrogens with one attached hydrogen (secondary N) is 2. The van der Waals surface area contributed by atoms with Crippen LogP contribution in [0.1, 0.15) is 28.1 Å². The minimum absolute atomic E-state index is 0.0863. The second-order valence-electron chi connectivity index (χ2n) is 8.99. The molecule has 1 aromatic carbocycles. The van der Waals surface area contributed by atoms with E-state index < -0.39 is 0 Å². The molecule has 2 fully saturated rings. The van der Waals surface area contributed by atoms with Crippen molar-refractivity contribution in [3.8, 4) is 0 Å². The molecular weight excluding hydrogens is 456 g/mol. The maximum atomic E-state index is 12.7. The normalized spacial score (nSPS) is 22.1. The van der Waals surface area contributed by atoms with Gasteiger partial charge in [-0.1, -0.05) is 42.5 Å². The lowest BCUT2D eigenvalue weighted by molar-refractivity contribution is -0.122. The lowest BCUT2D eigenvalue weighted by atomic mass is 9.98. The van der Waals surface area contributed by atoms with Gasteiger partial charge in [0.05, 0.1) is 17.5 Å². The Labute approximate surface area is 211 Å². The van der Waals surface area contributed by atoms with Crippen LogP contribution >= 0.6 is 11.8 Å². The molecule has 8 heteroatoms. The van der Waals surface area contributed by atoms with Crippen molar-refractivity contribution in [3.05, 3.63) is 96.1 Å². The van der Waals surface area contributed by atoms with Crippen molar-refractivity contribution in [2.24, 2.45) is 0 Å². The van der Waals surface area contributed by atoms with Crippen LogP contribution in [0.4, 0.5) is 0 Å². The summed E-state index contributed by atoms with van der Waals surface area (Å²) < 4.78 is 0. The van der Waals surface area contributed by atoms with E-state index in [0.29, 0.717) is 6.54 Å². The van der Waals surface area contributed by atoms with Gasteiger partial charge >= 0.3 is 0 Å². The van der Waals surface area contributed by atoms with Gasteiger partial charge in [-0.25, -0.2) is 0 Å². The van der Waals surface area contributed by atoms with Crippen molar-refractivity contribution in [3.63, 3.8) is 0 Å². The molecule has 3 atom stereocenters. The number of carbonyl (C=O) groups excluding carboxylic acids is 1. The highest BCUT2D eigenvalue weighted by Crippen LogP contribution is 2.32. The van der Waals surface area contributed by atoms with E-state index in [1.165, 1.54) is 11.1 Å². The number of hydrogen-bond donors (Lipinski definition) is 2. The van der Waals surface area contributed by atoms with E-state index in [2.05, 4.69) is 66.8 Å². The lowest BCUT2D eigenvalue weighted by Gasteiger charge is -2.39. The zero-order valence-corrected chi connectivity index (χ0v) is 20.6. The van der Waals surface area contributed by atoms with Gasteiger partial charge in [-0.3, -0.25) is 29.9 Å². The molecule has 3 aromatic rings. The molecule has 0 bridgehead atoms. The molecule has 0 saturated carbocycles. The number of benzene rings is 1. The topological polar surface area (TPSA) is 73.4 Å². The average molecular weight is 489 g/mol. The molecule has 182 valence electrons. The first-order chi connectivity index (χ1) is 17.3. The summed E-state index contributed by atoms with van der Waals surface area (Å²) in [7, 11) is 0. The first-order valence-corrected chi connectivity index (χ1v) is 13.3. The summed E-state index contributed by atoms with van der Waals surface area (Å²) in [6.45, 7) is 5.48. The number of hydrogen-bond acceptors (Lipinski definition) is 7. The second kappa shape index (κ2) is 11.8. The highest BCUT2D eigenvalue weighted by atomic mass is 32.2. The molecule has 1 amide bonds. The van der Waals surface area contributed by atoms with Crippen LogP contribution in [0, 0.1) is 0 Å². The van der Waals surface area contributed by atoms with Crippen LogP contribution < -0.4 is 10.6 Å². The van der Waals surface area contributed by atoms with Gasteiger partial charge in [-0.2, -0.15) is 0 Å². The molecule has 2 aromatic heterocycles. The van der Waals surface area contributed by atoms with Gasteiger partial charge in [0.25, 0.3) is 0 Å². The summed E-state index contributed by atoms with van der Waals surface area (Å²) >= 11 is 1.76. The average Bonchev–Trinajstić information content (AvgIpc) is 3.42. The first kappa shape index (κ1) is 23.9. The number of rotatable bonds is 8. The van der Waals surface area contributed by atoms with Crippen LogP contribution in [-0.2, 0) is 4.79 Å². The fraction of sp³-hybridized carbons (Fsp3) is 0.370. The van der Waals surface area contributed by atoms with Crippen molar-refractivity contribution >= 4 is 17.7 Å². The van der Waals surface area contributed by atoms with Gasteiger partial charge in [-0.15, -0.1) is 11.8 Å². The summed E-state index contributed by atoms with van der Waals surface area (Å²) in [6, 6.07) is 18.9. The Kier molecular flexibility index (Phi) is 8.05. The molecule has 0 spiro atoms. The number of pyridine rings is 2. The highest BCUT2D eigenvalue weighted by Gasteiger charge is 2.31. The summed E-state index contributed by atoms with van der Waals surface area (Å²) in [5, 5.41) is 6.70. The van der Waals surface area contributed by atoms with Gasteiger partial charge in [0, 0.05) is 69.8 Å². The van der Waals surface area contributed by atoms with E-state index in [9.17, 15) is 4.79 Å². The maximum absolute atomic E-state index is 12.7. The summed E-state index contributed by atoms with van der Waals surface area (Å²) in [4.78, 5) is 26.2. The number of amides is 1. The Morgan fingerprint density at radius 2 is 1.71 bits per heavy atom. The van der Waals surface area contributed by atoms with Crippen LogP contribution in [0.3, 0.4) is 0 Å². The predicted molar refractivity (Wildman–Crippen MR) is 140 cm³/mol. The quantitative estimate of drug-likeness (QED) is 0.505. The molecule has 0 radical (unpaired) electrons. The zero-order chi connectivity index (χ0) is 23.9. The SMILES string of the molecule is O=C(NCCN1CCN(C(c2ccccc2)c2cccnc2)CC1)C1CSC(c2cccnc2)N1. The predicted octanol–water partition coefficient (Wildman–Crippen LogP) is 2.70. The maximum Gasteiger partial charge on any atom is 0.238 e. The molecule has 2 saturated heterocycles. The van der Waals surface area contributed by atoms with Crippen LogP contribution in [0.25, 0.3) is 0 Å². The zero-order valence-electron chi connectivity index (χ0n) is 19.8. The Balaban J connectivity index is 1.09. The van der Waals surface area contributed by atoms with E-state index in [1.54, 1.807) is 18.0 Å².